The molecule has 0 unspecified atom stereocenters. The highest BCUT2D eigenvalue weighted by atomic mass is 32.2. The van der Waals surface area contributed by atoms with Gasteiger partial charge in [0.05, 0.1) is 5.69 Å². The molecule has 0 fully saturated rings. The summed E-state index contributed by atoms with van der Waals surface area (Å²) in [6, 6.07) is 8.50. The van der Waals surface area contributed by atoms with Gasteiger partial charge in [-0.2, -0.15) is 8.42 Å². The SMILES string of the molecule is CC(C)(C)N(c1ccccc1)S(=O)(=O)O. The van der Waals surface area contributed by atoms with Crippen LogP contribution in [0.5, 0.6) is 0 Å². The Bertz CT molecular complexity index is 420. The molecule has 0 saturated carbocycles. The molecule has 5 heteroatoms. The predicted octanol–water partition coefficient (Wildman–Crippen LogP) is 2.09. The highest BCUT2D eigenvalue weighted by Crippen LogP contribution is 2.25. The highest BCUT2D eigenvalue weighted by Gasteiger charge is 2.31. The molecule has 0 aromatic heterocycles. The lowest BCUT2D eigenvalue weighted by molar-refractivity contribution is 0.452. The summed E-state index contributed by atoms with van der Waals surface area (Å²) < 4.78 is 32.7. The Morgan fingerprint density at radius 3 is 1.93 bits per heavy atom. The van der Waals surface area contributed by atoms with Crippen molar-refractivity contribution < 1.29 is 13.0 Å². The molecule has 0 amide bonds. The normalized spacial score (nSPS) is 12.5. The minimum absolute atomic E-state index is 0.451. The van der Waals surface area contributed by atoms with Gasteiger partial charge in [0.15, 0.2) is 0 Å². The van der Waals surface area contributed by atoms with Crippen molar-refractivity contribution in [3.05, 3.63) is 30.3 Å². The molecule has 1 rings (SSSR count). The second-order valence-corrected chi connectivity index (χ2v) is 5.51. The fourth-order valence-electron chi connectivity index (χ4n) is 1.43. The first kappa shape index (κ1) is 12.0. The monoisotopic (exact) mass is 229 g/mol. The van der Waals surface area contributed by atoms with E-state index in [0.717, 1.165) is 4.31 Å². The third-order valence-electron chi connectivity index (χ3n) is 1.83. The van der Waals surface area contributed by atoms with Gasteiger partial charge in [0.1, 0.15) is 0 Å². The van der Waals surface area contributed by atoms with Crippen molar-refractivity contribution >= 4 is 16.0 Å². The maximum Gasteiger partial charge on any atom is 0.360 e. The van der Waals surface area contributed by atoms with Crippen LogP contribution >= 0.6 is 0 Å². The molecule has 0 aliphatic rings. The van der Waals surface area contributed by atoms with E-state index in [-0.39, 0.29) is 0 Å². The van der Waals surface area contributed by atoms with Gasteiger partial charge in [-0.25, -0.2) is 4.31 Å². The quantitative estimate of drug-likeness (QED) is 0.790. The fraction of sp³-hybridized carbons (Fsp3) is 0.400. The largest absolute Gasteiger partial charge is 0.360 e. The first-order chi connectivity index (χ1) is 6.73. The molecule has 0 aliphatic carbocycles. The molecule has 84 valence electrons. The topological polar surface area (TPSA) is 57.6 Å². The molecular weight excluding hydrogens is 214 g/mol. The van der Waals surface area contributed by atoms with Crippen molar-refractivity contribution in [1.82, 2.24) is 0 Å². The van der Waals surface area contributed by atoms with Crippen molar-refractivity contribution in [3.63, 3.8) is 0 Å². The van der Waals surface area contributed by atoms with E-state index in [1.165, 1.54) is 0 Å². The van der Waals surface area contributed by atoms with Gasteiger partial charge in [-0.05, 0) is 32.9 Å². The lowest BCUT2D eigenvalue weighted by atomic mass is 10.1. The number of para-hydroxylation sites is 1. The number of anilines is 1. The van der Waals surface area contributed by atoms with Gasteiger partial charge in [-0.1, -0.05) is 18.2 Å². The molecule has 0 radical (unpaired) electrons. The van der Waals surface area contributed by atoms with E-state index < -0.39 is 15.8 Å². The lowest BCUT2D eigenvalue weighted by Crippen LogP contribution is -2.45. The van der Waals surface area contributed by atoms with E-state index in [9.17, 15) is 8.42 Å². The third kappa shape index (κ3) is 2.94. The van der Waals surface area contributed by atoms with Crippen molar-refractivity contribution in [2.45, 2.75) is 26.3 Å². The standard InChI is InChI=1S/C10H15NO3S/c1-10(2,3)11(15(12,13)14)9-7-5-4-6-8-9/h4-8H,1-3H3,(H,12,13,14). The van der Waals surface area contributed by atoms with E-state index in [2.05, 4.69) is 0 Å². The average molecular weight is 229 g/mol. The zero-order valence-electron chi connectivity index (χ0n) is 9.01. The number of hydrogen-bond acceptors (Lipinski definition) is 2. The summed E-state index contributed by atoms with van der Waals surface area (Å²) >= 11 is 0. The van der Waals surface area contributed by atoms with Gasteiger partial charge in [-0.3, -0.25) is 4.55 Å². The number of benzene rings is 1. The molecule has 1 aromatic carbocycles. The smallest absolute Gasteiger partial charge is 0.269 e. The van der Waals surface area contributed by atoms with Gasteiger partial charge < -0.3 is 0 Å². The van der Waals surface area contributed by atoms with E-state index in [1.807, 2.05) is 0 Å². The summed E-state index contributed by atoms with van der Waals surface area (Å²) in [6.45, 7) is 5.15. The minimum Gasteiger partial charge on any atom is -0.269 e. The molecule has 0 heterocycles. The molecule has 0 atom stereocenters. The zero-order chi connectivity index (χ0) is 11.7. The van der Waals surface area contributed by atoms with Gasteiger partial charge in [-0.15, -0.1) is 0 Å². The molecule has 1 N–H and O–H groups in total. The van der Waals surface area contributed by atoms with Gasteiger partial charge in [0.25, 0.3) is 0 Å². The Morgan fingerprint density at radius 1 is 1.13 bits per heavy atom. The highest BCUT2D eigenvalue weighted by molar-refractivity contribution is 7.87. The van der Waals surface area contributed by atoms with Crippen molar-refractivity contribution in [2.24, 2.45) is 0 Å². The Balaban J connectivity index is 3.27. The summed E-state index contributed by atoms with van der Waals surface area (Å²) in [7, 11) is -4.24. The fourth-order valence-corrected chi connectivity index (χ4v) is 2.51. The minimum atomic E-state index is -4.24. The summed E-state index contributed by atoms with van der Waals surface area (Å²) in [5.74, 6) is 0. The summed E-state index contributed by atoms with van der Waals surface area (Å²) in [4.78, 5) is 0. The van der Waals surface area contributed by atoms with Crippen molar-refractivity contribution in [1.29, 1.82) is 0 Å². The molecule has 15 heavy (non-hydrogen) atoms. The van der Waals surface area contributed by atoms with E-state index in [4.69, 9.17) is 4.55 Å². The van der Waals surface area contributed by atoms with Crippen LogP contribution in [0.3, 0.4) is 0 Å². The second kappa shape index (κ2) is 3.83. The molecule has 4 nitrogen and oxygen atoms in total. The number of nitrogens with zero attached hydrogens (tertiary/aromatic N) is 1. The number of hydrogen-bond donors (Lipinski definition) is 1. The van der Waals surface area contributed by atoms with Crippen LogP contribution in [0, 0.1) is 0 Å². The molecule has 1 aromatic rings. The second-order valence-electron chi connectivity index (χ2n) is 4.25. The van der Waals surface area contributed by atoms with Gasteiger partial charge in [0, 0.05) is 5.54 Å². The number of rotatable bonds is 2. The van der Waals surface area contributed by atoms with Crippen LogP contribution in [-0.4, -0.2) is 18.5 Å². The molecule has 0 aliphatic heterocycles. The van der Waals surface area contributed by atoms with E-state index in [0.29, 0.717) is 5.69 Å². The van der Waals surface area contributed by atoms with Crippen LogP contribution in [-0.2, 0) is 10.3 Å². The Labute approximate surface area is 90.4 Å². The summed E-state index contributed by atoms with van der Waals surface area (Å²) in [5.41, 5.74) is -0.248. The van der Waals surface area contributed by atoms with Crippen molar-refractivity contribution in [3.8, 4) is 0 Å². The molecular formula is C10H15NO3S. The summed E-state index contributed by atoms with van der Waals surface area (Å²) in [6.07, 6.45) is 0. The predicted molar refractivity (Wildman–Crippen MR) is 60.2 cm³/mol. The average Bonchev–Trinajstić information content (AvgIpc) is 2.00. The first-order valence-electron chi connectivity index (χ1n) is 4.56. The molecule has 0 spiro atoms. The van der Waals surface area contributed by atoms with Crippen LogP contribution in [0.4, 0.5) is 5.69 Å². The van der Waals surface area contributed by atoms with E-state index >= 15 is 0 Å². The first-order valence-corrected chi connectivity index (χ1v) is 5.95. The van der Waals surface area contributed by atoms with Gasteiger partial charge >= 0.3 is 10.3 Å². The zero-order valence-corrected chi connectivity index (χ0v) is 9.82. The Morgan fingerprint density at radius 2 is 1.60 bits per heavy atom. The Hall–Kier alpha value is -1.07. The molecule has 0 bridgehead atoms. The Kier molecular flexibility index (Phi) is 3.06. The van der Waals surface area contributed by atoms with E-state index in [1.54, 1.807) is 51.1 Å². The van der Waals surface area contributed by atoms with Crippen LogP contribution in [0.25, 0.3) is 0 Å². The van der Waals surface area contributed by atoms with Crippen LogP contribution in [0.1, 0.15) is 20.8 Å². The summed E-state index contributed by atoms with van der Waals surface area (Å²) in [5, 5.41) is 0. The maximum atomic E-state index is 11.3. The van der Waals surface area contributed by atoms with Crippen molar-refractivity contribution in [2.75, 3.05) is 4.31 Å². The van der Waals surface area contributed by atoms with Gasteiger partial charge in [0.2, 0.25) is 0 Å². The lowest BCUT2D eigenvalue weighted by Gasteiger charge is -2.33. The maximum absolute atomic E-state index is 11.3. The third-order valence-corrected chi connectivity index (χ3v) is 3.05. The van der Waals surface area contributed by atoms with Crippen LogP contribution in [0.15, 0.2) is 30.3 Å². The molecule has 0 saturated heterocycles. The van der Waals surface area contributed by atoms with Crippen LogP contribution < -0.4 is 4.31 Å². The van der Waals surface area contributed by atoms with Crippen LogP contribution in [0.2, 0.25) is 0 Å².